The van der Waals surface area contributed by atoms with Gasteiger partial charge in [-0.25, -0.2) is 0 Å². The zero-order chi connectivity index (χ0) is 20.5. The molecular formula is C22H26O6. The first-order valence-electron chi connectivity index (χ1n) is 9.22. The van der Waals surface area contributed by atoms with Crippen LogP contribution in [-0.2, 0) is 11.2 Å². The number of phenolic OH excluding ortho intramolecular Hbond substituents is 2. The van der Waals surface area contributed by atoms with Crippen LogP contribution >= 0.6 is 0 Å². The third-order valence-electron chi connectivity index (χ3n) is 5.25. The van der Waals surface area contributed by atoms with Crippen LogP contribution in [0.2, 0.25) is 0 Å². The number of Topliss-reactive ketones (excluding diaryl/α,β-unsaturated/α-hetero) is 1. The second-order valence-corrected chi connectivity index (χ2v) is 7.57. The number of aromatic hydroxyl groups is 2. The Morgan fingerprint density at radius 1 is 1.18 bits per heavy atom. The summed E-state index contributed by atoms with van der Waals surface area (Å²) in [5.41, 5.74) is 1.33. The number of fused-ring (bicyclic) bond motifs is 1. The van der Waals surface area contributed by atoms with Gasteiger partial charge < -0.3 is 24.4 Å². The van der Waals surface area contributed by atoms with E-state index in [2.05, 4.69) is 0 Å². The minimum atomic E-state index is -0.499. The molecule has 6 nitrogen and oxygen atoms in total. The maximum Gasteiger partial charge on any atom is 0.174 e. The van der Waals surface area contributed by atoms with Crippen LogP contribution in [0.1, 0.15) is 54.3 Å². The molecule has 2 N–H and O–H groups in total. The minimum absolute atomic E-state index is 0.0293. The van der Waals surface area contributed by atoms with Crippen molar-refractivity contribution in [2.75, 3.05) is 14.2 Å². The average molecular weight is 386 g/mol. The van der Waals surface area contributed by atoms with Crippen molar-refractivity contribution in [3.05, 3.63) is 47.0 Å². The highest BCUT2D eigenvalue weighted by atomic mass is 16.5. The standard InChI is InChI=1S/C22H26O6/c1-22(2,27-4)10-9-15-16(24)11-19(26-3)20-17(25)12-18(28-21(15)20)13-5-7-14(23)8-6-13/h5-8,11,18,23-24H,9-10,12H2,1-4H3. The number of ketones is 1. The summed E-state index contributed by atoms with van der Waals surface area (Å²) in [6, 6.07) is 8.04. The third-order valence-corrected chi connectivity index (χ3v) is 5.25. The molecule has 1 aliphatic heterocycles. The molecule has 1 atom stereocenters. The molecule has 6 heteroatoms. The fourth-order valence-corrected chi connectivity index (χ4v) is 3.32. The van der Waals surface area contributed by atoms with Gasteiger partial charge in [0.2, 0.25) is 0 Å². The molecule has 0 aromatic heterocycles. The molecule has 1 aliphatic rings. The summed E-state index contributed by atoms with van der Waals surface area (Å²) in [5.74, 6) is 0.729. The summed E-state index contributed by atoms with van der Waals surface area (Å²) >= 11 is 0. The Balaban J connectivity index is 2.03. The van der Waals surface area contributed by atoms with Crippen LogP contribution in [0.15, 0.2) is 30.3 Å². The van der Waals surface area contributed by atoms with E-state index in [-0.39, 0.29) is 29.3 Å². The Labute approximate surface area is 164 Å². The minimum Gasteiger partial charge on any atom is -0.508 e. The second kappa shape index (κ2) is 7.72. The summed E-state index contributed by atoms with van der Waals surface area (Å²) in [6.07, 6.45) is 0.773. The van der Waals surface area contributed by atoms with Crippen molar-refractivity contribution < 1.29 is 29.2 Å². The number of ether oxygens (including phenoxy) is 3. The number of rotatable bonds is 6. The van der Waals surface area contributed by atoms with Crippen molar-refractivity contribution in [3.63, 3.8) is 0 Å². The van der Waals surface area contributed by atoms with Gasteiger partial charge in [0.1, 0.15) is 34.7 Å². The molecular weight excluding hydrogens is 360 g/mol. The molecule has 0 bridgehead atoms. The molecule has 0 saturated heterocycles. The van der Waals surface area contributed by atoms with E-state index in [0.717, 1.165) is 5.56 Å². The van der Waals surface area contributed by atoms with E-state index in [1.807, 2.05) is 13.8 Å². The maximum atomic E-state index is 12.9. The van der Waals surface area contributed by atoms with E-state index < -0.39 is 6.10 Å². The highest BCUT2D eigenvalue weighted by Crippen LogP contribution is 2.46. The monoisotopic (exact) mass is 386 g/mol. The van der Waals surface area contributed by atoms with Gasteiger partial charge in [0.25, 0.3) is 0 Å². The number of benzene rings is 2. The number of phenols is 2. The van der Waals surface area contributed by atoms with Crippen molar-refractivity contribution >= 4 is 5.78 Å². The molecule has 0 radical (unpaired) electrons. The van der Waals surface area contributed by atoms with E-state index >= 15 is 0 Å². The summed E-state index contributed by atoms with van der Waals surface area (Å²) in [6.45, 7) is 3.93. The molecule has 0 saturated carbocycles. The largest absolute Gasteiger partial charge is 0.508 e. The van der Waals surface area contributed by atoms with Gasteiger partial charge in [-0.1, -0.05) is 12.1 Å². The number of carbonyl (C=O) groups is 1. The lowest BCUT2D eigenvalue weighted by Gasteiger charge is -2.30. The molecule has 0 aliphatic carbocycles. The smallest absolute Gasteiger partial charge is 0.174 e. The van der Waals surface area contributed by atoms with Crippen molar-refractivity contribution in [3.8, 4) is 23.0 Å². The first-order valence-corrected chi connectivity index (χ1v) is 9.22. The molecule has 1 heterocycles. The fourth-order valence-electron chi connectivity index (χ4n) is 3.32. The number of carbonyl (C=O) groups excluding carboxylic acids is 1. The molecule has 28 heavy (non-hydrogen) atoms. The van der Waals surface area contributed by atoms with Crippen molar-refractivity contribution in [2.45, 2.75) is 44.8 Å². The predicted molar refractivity (Wildman–Crippen MR) is 104 cm³/mol. The lowest BCUT2D eigenvalue weighted by atomic mass is 9.90. The predicted octanol–water partition coefficient (Wildman–Crippen LogP) is 4.17. The van der Waals surface area contributed by atoms with Gasteiger partial charge in [0.05, 0.1) is 19.1 Å². The maximum absolute atomic E-state index is 12.9. The lowest BCUT2D eigenvalue weighted by Crippen LogP contribution is -2.25. The molecule has 150 valence electrons. The Morgan fingerprint density at radius 2 is 1.86 bits per heavy atom. The Kier molecular flexibility index (Phi) is 5.52. The Morgan fingerprint density at radius 3 is 2.46 bits per heavy atom. The van der Waals surface area contributed by atoms with Gasteiger partial charge in [-0.3, -0.25) is 4.79 Å². The highest BCUT2D eigenvalue weighted by molar-refractivity contribution is 6.03. The highest BCUT2D eigenvalue weighted by Gasteiger charge is 2.34. The van der Waals surface area contributed by atoms with Gasteiger partial charge in [-0.05, 0) is 44.4 Å². The molecule has 0 spiro atoms. The van der Waals surface area contributed by atoms with Crippen LogP contribution in [0.25, 0.3) is 0 Å². The molecule has 0 fully saturated rings. The lowest BCUT2D eigenvalue weighted by molar-refractivity contribution is 0.0155. The number of hydrogen-bond donors (Lipinski definition) is 2. The summed E-state index contributed by atoms with van der Waals surface area (Å²) in [5, 5.41) is 20.1. The van der Waals surface area contributed by atoms with Crippen molar-refractivity contribution in [1.29, 1.82) is 0 Å². The van der Waals surface area contributed by atoms with E-state index in [9.17, 15) is 15.0 Å². The normalized spacial score (nSPS) is 16.4. The van der Waals surface area contributed by atoms with Crippen LogP contribution in [0, 0.1) is 0 Å². The average Bonchev–Trinajstić information content (AvgIpc) is 2.67. The zero-order valence-electron chi connectivity index (χ0n) is 16.6. The van der Waals surface area contributed by atoms with Crippen LogP contribution in [0.5, 0.6) is 23.0 Å². The third kappa shape index (κ3) is 3.92. The first kappa shape index (κ1) is 20.0. The van der Waals surface area contributed by atoms with Gasteiger partial charge >= 0.3 is 0 Å². The van der Waals surface area contributed by atoms with Crippen molar-refractivity contribution in [2.24, 2.45) is 0 Å². The van der Waals surface area contributed by atoms with E-state index in [1.54, 1.807) is 31.4 Å². The number of hydrogen-bond acceptors (Lipinski definition) is 6. The van der Waals surface area contributed by atoms with E-state index in [4.69, 9.17) is 14.2 Å². The quantitative estimate of drug-likeness (QED) is 0.775. The van der Waals surface area contributed by atoms with Crippen LogP contribution in [0.3, 0.4) is 0 Å². The molecule has 2 aromatic carbocycles. The molecule has 2 aromatic rings. The summed E-state index contributed by atoms with van der Waals surface area (Å²) < 4.78 is 17.0. The molecule has 0 amide bonds. The second-order valence-electron chi connectivity index (χ2n) is 7.57. The van der Waals surface area contributed by atoms with Gasteiger partial charge in [0.15, 0.2) is 5.78 Å². The Hall–Kier alpha value is -2.73. The zero-order valence-corrected chi connectivity index (χ0v) is 16.6. The van der Waals surface area contributed by atoms with Crippen LogP contribution < -0.4 is 9.47 Å². The van der Waals surface area contributed by atoms with E-state index in [1.165, 1.54) is 13.2 Å². The summed E-state index contributed by atoms with van der Waals surface area (Å²) in [7, 11) is 3.10. The first-order chi connectivity index (χ1) is 13.3. The van der Waals surface area contributed by atoms with Crippen LogP contribution in [-0.4, -0.2) is 35.8 Å². The fraction of sp³-hybridized carbons (Fsp3) is 0.409. The topological polar surface area (TPSA) is 85.2 Å². The van der Waals surface area contributed by atoms with Gasteiger partial charge in [-0.15, -0.1) is 0 Å². The van der Waals surface area contributed by atoms with E-state index in [0.29, 0.717) is 35.5 Å². The number of methoxy groups -OCH3 is 2. The van der Waals surface area contributed by atoms with Gasteiger partial charge in [-0.2, -0.15) is 0 Å². The summed E-state index contributed by atoms with van der Waals surface area (Å²) in [4.78, 5) is 12.9. The van der Waals surface area contributed by atoms with Gasteiger partial charge in [0, 0.05) is 18.7 Å². The molecule has 3 rings (SSSR count). The Bertz CT molecular complexity index is 870. The SMILES string of the molecule is COc1cc(O)c(CCC(C)(C)OC)c2c1C(=O)CC(c1ccc(O)cc1)O2. The van der Waals surface area contributed by atoms with Crippen LogP contribution in [0.4, 0.5) is 0 Å². The molecule has 1 unspecified atom stereocenters. The van der Waals surface area contributed by atoms with Crippen molar-refractivity contribution in [1.82, 2.24) is 0 Å².